The lowest BCUT2D eigenvalue weighted by Crippen LogP contribution is -2.35. The predicted molar refractivity (Wildman–Crippen MR) is 145 cm³/mol. The van der Waals surface area contributed by atoms with E-state index in [4.69, 9.17) is 4.98 Å². The first kappa shape index (κ1) is 24.4. The summed E-state index contributed by atoms with van der Waals surface area (Å²) < 4.78 is 1.74. The first-order valence-corrected chi connectivity index (χ1v) is 13.2. The Morgan fingerprint density at radius 3 is 2.42 bits per heavy atom. The van der Waals surface area contributed by atoms with Crippen LogP contribution < -0.4 is 15.8 Å². The maximum atomic E-state index is 13.4. The Bertz CT molecular complexity index is 1320. The van der Waals surface area contributed by atoms with Gasteiger partial charge in [0.2, 0.25) is 5.95 Å². The molecule has 0 unspecified atom stereocenters. The lowest BCUT2D eigenvalue weighted by molar-refractivity contribution is 0.101. The van der Waals surface area contributed by atoms with Crippen LogP contribution >= 0.6 is 0 Å². The van der Waals surface area contributed by atoms with Gasteiger partial charge in [-0.05, 0) is 69.1 Å². The number of piperidine rings is 1. The zero-order chi connectivity index (χ0) is 25.4. The zero-order valence-electron chi connectivity index (χ0n) is 21.8. The maximum Gasteiger partial charge on any atom is 0.263 e. The minimum absolute atomic E-state index is 0. The fourth-order valence-electron chi connectivity index (χ4n) is 5.88. The normalized spacial score (nSPS) is 17.3. The van der Waals surface area contributed by atoms with Crippen molar-refractivity contribution < 1.29 is 6.22 Å². The SMILES string of the molecule is CC(=O)c1c(C)c2cnc(Nc3ccc(N4CCC(C(C)C)CC4)nc3)nc2n(C2CCCC2)c1=O.[HH]. The Labute approximate surface area is 213 Å². The molecule has 4 heterocycles. The lowest BCUT2D eigenvalue weighted by atomic mass is 9.87. The van der Waals surface area contributed by atoms with Crippen LogP contribution in [0.1, 0.15) is 82.7 Å². The maximum absolute atomic E-state index is 13.4. The van der Waals surface area contributed by atoms with Crippen LogP contribution in [0.4, 0.5) is 17.5 Å². The van der Waals surface area contributed by atoms with E-state index in [0.717, 1.165) is 67.5 Å². The van der Waals surface area contributed by atoms with Crippen LogP contribution in [-0.2, 0) is 0 Å². The second-order valence-corrected chi connectivity index (χ2v) is 10.7. The topological polar surface area (TPSA) is 93.0 Å². The molecule has 3 aromatic heterocycles. The minimum Gasteiger partial charge on any atom is -0.357 e. The molecule has 1 saturated heterocycles. The van der Waals surface area contributed by atoms with Gasteiger partial charge in [0.05, 0.1) is 17.4 Å². The molecule has 0 amide bonds. The second-order valence-electron chi connectivity index (χ2n) is 10.7. The van der Waals surface area contributed by atoms with Crippen molar-refractivity contribution >= 4 is 34.3 Å². The molecule has 1 saturated carbocycles. The first-order chi connectivity index (χ1) is 17.3. The molecule has 1 N–H and O–H groups in total. The highest BCUT2D eigenvalue weighted by atomic mass is 16.1. The number of aryl methyl sites for hydroxylation is 1. The average molecular weight is 491 g/mol. The number of carbonyl (C=O) groups is 1. The quantitative estimate of drug-likeness (QED) is 0.445. The highest BCUT2D eigenvalue weighted by Crippen LogP contribution is 2.32. The molecule has 0 spiro atoms. The molecule has 3 aromatic rings. The van der Waals surface area contributed by atoms with E-state index >= 15 is 0 Å². The third-order valence-corrected chi connectivity index (χ3v) is 8.06. The number of hydrogen-bond donors (Lipinski definition) is 1. The summed E-state index contributed by atoms with van der Waals surface area (Å²) in [4.78, 5) is 42.0. The molecular formula is C28H38N6O2. The van der Waals surface area contributed by atoms with E-state index in [1.165, 1.54) is 19.8 Å². The van der Waals surface area contributed by atoms with Crippen LogP contribution in [-0.4, -0.2) is 38.4 Å². The third-order valence-electron chi connectivity index (χ3n) is 8.06. The average Bonchev–Trinajstić information content (AvgIpc) is 3.39. The van der Waals surface area contributed by atoms with Gasteiger partial charge in [-0.15, -0.1) is 0 Å². The molecule has 8 nitrogen and oxygen atoms in total. The van der Waals surface area contributed by atoms with Gasteiger partial charge in [0.25, 0.3) is 5.56 Å². The van der Waals surface area contributed by atoms with Crippen molar-refractivity contribution in [2.45, 2.75) is 72.3 Å². The summed E-state index contributed by atoms with van der Waals surface area (Å²) in [5.41, 5.74) is 2.04. The molecule has 192 valence electrons. The number of fused-ring (bicyclic) bond motifs is 1. The number of aromatic nitrogens is 4. The molecular weight excluding hydrogens is 452 g/mol. The highest BCUT2D eigenvalue weighted by Gasteiger charge is 2.26. The molecule has 5 rings (SSSR count). The van der Waals surface area contributed by atoms with Crippen LogP contribution in [0.2, 0.25) is 0 Å². The number of pyridine rings is 2. The van der Waals surface area contributed by atoms with E-state index in [-0.39, 0.29) is 24.4 Å². The number of Topliss-reactive ketones (excluding diaryl/α,β-unsaturated/α-hetero) is 1. The summed E-state index contributed by atoms with van der Waals surface area (Å²) >= 11 is 0. The van der Waals surface area contributed by atoms with Gasteiger partial charge in [0.15, 0.2) is 5.78 Å². The molecule has 2 fully saturated rings. The van der Waals surface area contributed by atoms with Crippen LogP contribution in [0.3, 0.4) is 0 Å². The van der Waals surface area contributed by atoms with Crippen molar-refractivity contribution in [1.29, 1.82) is 0 Å². The van der Waals surface area contributed by atoms with Crippen molar-refractivity contribution in [1.82, 2.24) is 19.5 Å². The molecule has 2 aliphatic rings. The third kappa shape index (κ3) is 4.61. The fraction of sp³-hybridized carbons (Fsp3) is 0.536. The summed E-state index contributed by atoms with van der Waals surface area (Å²) in [5, 5.41) is 4.00. The monoisotopic (exact) mass is 490 g/mol. The van der Waals surface area contributed by atoms with E-state index in [9.17, 15) is 9.59 Å². The Morgan fingerprint density at radius 2 is 1.81 bits per heavy atom. The predicted octanol–water partition coefficient (Wildman–Crippen LogP) is 5.67. The number of nitrogens with one attached hydrogen (secondary N) is 1. The molecule has 0 aromatic carbocycles. The fourth-order valence-corrected chi connectivity index (χ4v) is 5.88. The van der Waals surface area contributed by atoms with Crippen LogP contribution in [0.25, 0.3) is 11.0 Å². The summed E-state index contributed by atoms with van der Waals surface area (Å²) in [6.07, 6.45) is 9.93. The van der Waals surface area contributed by atoms with Gasteiger partial charge in [-0.1, -0.05) is 26.7 Å². The number of nitrogens with zero attached hydrogens (tertiary/aromatic N) is 5. The largest absolute Gasteiger partial charge is 0.357 e. The van der Waals surface area contributed by atoms with E-state index in [0.29, 0.717) is 17.2 Å². The lowest BCUT2D eigenvalue weighted by Gasteiger charge is -2.34. The summed E-state index contributed by atoms with van der Waals surface area (Å²) in [6.45, 7) is 9.96. The van der Waals surface area contributed by atoms with Crippen LogP contribution in [0, 0.1) is 18.8 Å². The van der Waals surface area contributed by atoms with Gasteiger partial charge in [0.1, 0.15) is 11.5 Å². The number of rotatable bonds is 6. The van der Waals surface area contributed by atoms with Gasteiger partial charge < -0.3 is 10.2 Å². The molecule has 1 aliphatic carbocycles. The Kier molecular flexibility index (Phi) is 6.77. The Hall–Kier alpha value is -3.29. The van der Waals surface area contributed by atoms with Crippen molar-refractivity contribution in [2.24, 2.45) is 11.8 Å². The highest BCUT2D eigenvalue weighted by molar-refractivity contribution is 5.99. The van der Waals surface area contributed by atoms with Gasteiger partial charge in [-0.3, -0.25) is 14.2 Å². The molecule has 0 radical (unpaired) electrons. The first-order valence-electron chi connectivity index (χ1n) is 13.2. The number of carbonyl (C=O) groups excluding carboxylic acids is 1. The van der Waals surface area contributed by atoms with E-state index in [1.54, 1.807) is 10.8 Å². The van der Waals surface area contributed by atoms with E-state index in [2.05, 4.69) is 34.0 Å². The smallest absolute Gasteiger partial charge is 0.263 e. The van der Waals surface area contributed by atoms with Gasteiger partial charge >= 0.3 is 0 Å². The zero-order valence-corrected chi connectivity index (χ0v) is 21.8. The van der Waals surface area contributed by atoms with Gasteiger partial charge in [-0.2, -0.15) is 4.98 Å². The molecule has 1 aliphatic heterocycles. The van der Waals surface area contributed by atoms with Crippen LogP contribution in [0.5, 0.6) is 0 Å². The molecule has 0 bridgehead atoms. The number of ketones is 1. The summed E-state index contributed by atoms with van der Waals surface area (Å²) in [5.74, 6) is 2.72. The standard InChI is InChI=1S/C28H36N6O2.H2/c1-17(2)20-11-13-33(14-12-20)24-10-9-21(15-29-24)31-28-30-16-23-18(3)25(19(4)35)27(36)34(26(23)32-28)22-7-5-6-8-22;/h9-10,15-17,20,22H,5-8,11-14H2,1-4H3,(H,30,31,32);1H. The summed E-state index contributed by atoms with van der Waals surface area (Å²) in [6, 6.07) is 4.09. The van der Waals surface area contributed by atoms with Gasteiger partial charge in [0, 0.05) is 32.1 Å². The van der Waals surface area contributed by atoms with Crippen molar-refractivity contribution in [3.8, 4) is 0 Å². The van der Waals surface area contributed by atoms with E-state index < -0.39 is 0 Å². The van der Waals surface area contributed by atoms with Crippen molar-refractivity contribution in [3.63, 3.8) is 0 Å². The molecule has 0 atom stereocenters. The summed E-state index contributed by atoms with van der Waals surface area (Å²) in [7, 11) is 0. The molecule has 8 heteroatoms. The van der Waals surface area contributed by atoms with Gasteiger partial charge in [-0.25, -0.2) is 9.97 Å². The second kappa shape index (κ2) is 9.99. The molecule has 36 heavy (non-hydrogen) atoms. The number of hydrogen-bond acceptors (Lipinski definition) is 7. The Morgan fingerprint density at radius 1 is 1.08 bits per heavy atom. The van der Waals surface area contributed by atoms with E-state index in [1.807, 2.05) is 25.3 Å². The van der Waals surface area contributed by atoms with Crippen LogP contribution in [0.15, 0.2) is 29.3 Å². The van der Waals surface area contributed by atoms with Crippen molar-refractivity contribution in [2.75, 3.05) is 23.3 Å². The minimum atomic E-state index is -0.240. The van der Waals surface area contributed by atoms with Crippen molar-refractivity contribution in [3.05, 3.63) is 46.0 Å². The Balaban J connectivity index is 0.00000320. The number of anilines is 3.